The molecule has 0 radical (unpaired) electrons. The molecule has 4 aromatic rings. The fourth-order valence-corrected chi connectivity index (χ4v) is 2.73. The van der Waals surface area contributed by atoms with E-state index in [1.54, 1.807) is 31.4 Å². The molecule has 0 fully saturated rings. The summed E-state index contributed by atoms with van der Waals surface area (Å²) in [5.74, 6) is 0.307. The number of carbonyl (C=O) groups is 1. The zero-order chi connectivity index (χ0) is 17.4. The van der Waals surface area contributed by atoms with Gasteiger partial charge in [0.25, 0.3) is 11.6 Å². The van der Waals surface area contributed by atoms with Crippen LogP contribution in [0.2, 0.25) is 0 Å². The molecule has 0 spiro atoms. The minimum absolute atomic E-state index is 0.249. The molecule has 4 rings (SSSR count). The van der Waals surface area contributed by atoms with Gasteiger partial charge >= 0.3 is 0 Å². The second kappa shape index (κ2) is 5.90. The van der Waals surface area contributed by atoms with Gasteiger partial charge in [-0.1, -0.05) is 23.4 Å². The van der Waals surface area contributed by atoms with Crippen LogP contribution < -0.4 is 5.32 Å². The van der Waals surface area contributed by atoms with Crippen molar-refractivity contribution in [3.8, 4) is 11.5 Å². The Kier molecular flexibility index (Phi) is 3.57. The van der Waals surface area contributed by atoms with Crippen molar-refractivity contribution in [2.75, 3.05) is 5.32 Å². The van der Waals surface area contributed by atoms with Gasteiger partial charge in [-0.05, 0) is 43.7 Å². The number of aromatic nitrogens is 2. The number of benzene rings is 1. The smallest absolute Gasteiger partial charge is 0.259 e. The van der Waals surface area contributed by atoms with E-state index in [1.165, 1.54) is 0 Å². The minimum atomic E-state index is -0.249. The third-order valence-corrected chi connectivity index (χ3v) is 4.03. The molecule has 0 saturated heterocycles. The molecule has 6 nitrogen and oxygen atoms in total. The van der Waals surface area contributed by atoms with E-state index >= 15 is 0 Å². The molecule has 0 aliphatic rings. The van der Waals surface area contributed by atoms with Gasteiger partial charge in [-0.15, -0.1) is 0 Å². The predicted molar refractivity (Wildman–Crippen MR) is 93.4 cm³/mol. The fraction of sp³-hybridized carbons (Fsp3) is 0.105. The first kappa shape index (κ1) is 15.1. The number of hydrogen-bond acceptors (Lipinski definition) is 5. The molecule has 0 bridgehead atoms. The molecular weight excluding hydrogens is 318 g/mol. The molecule has 25 heavy (non-hydrogen) atoms. The number of nitrogens with one attached hydrogen (secondary N) is 1. The summed E-state index contributed by atoms with van der Waals surface area (Å²) in [7, 11) is 0. The molecule has 0 atom stereocenters. The SMILES string of the molecule is Cc1ccccc1NC(=O)c1cc(-c2ccco2)nc2onc(C)c12. The second-order valence-electron chi connectivity index (χ2n) is 5.75. The Labute approximate surface area is 143 Å². The number of carbonyl (C=O) groups excluding carboxylic acids is 1. The zero-order valence-corrected chi connectivity index (χ0v) is 13.7. The van der Waals surface area contributed by atoms with E-state index < -0.39 is 0 Å². The standard InChI is InChI=1S/C19H15N3O3/c1-11-6-3-4-7-14(11)20-18(23)13-10-15(16-8-5-9-24-16)21-19-17(13)12(2)22-25-19/h3-10H,1-2H3,(H,20,23). The predicted octanol–water partition coefficient (Wildman–Crippen LogP) is 4.35. The van der Waals surface area contributed by atoms with Crippen LogP contribution in [0.1, 0.15) is 21.6 Å². The number of anilines is 1. The van der Waals surface area contributed by atoms with Crippen LogP contribution in [0.4, 0.5) is 5.69 Å². The van der Waals surface area contributed by atoms with E-state index in [0.717, 1.165) is 11.3 Å². The second-order valence-corrected chi connectivity index (χ2v) is 5.75. The highest BCUT2D eigenvalue weighted by molar-refractivity contribution is 6.13. The van der Waals surface area contributed by atoms with Crippen molar-refractivity contribution in [3.05, 3.63) is 65.5 Å². The Bertz CT molecular complexity index is 1060. The van der Waals surface area contributed by atoms with Gasteiger partial charge in [0, 0.05) is 5.69 Å². The number of pyridine rings is 1. The van der Waals surface area contributed by atoms with Crippen LogP contribution in [0.15, 0.2) is 57.7 Å². The number of aryl methyl sites for hydroxylation is 2. The van der Waals surface area contributed by atoms with Crippen molar-refractivity contribution in [1.82, 2.24) is 10.1 Å². The van der Waals surface area contributed by atoms with Gasteiger partial charge in [-0.2, -0.15) is 0 Å². The molecule has 0 aliphatic carbocycles. The summed E-state index contributed by atoms with van der Waals surface area (Å²) >= 11 is 0. The number of hydrogen-bond donors (Lipinski definition) is 1. The van der Waals surface area contributed by atoms with E-state index in [4.69, 9.17) is 8.94 Å². The van der Waals surface area contributed by atoms with E-state index in [0.29, 0.717) is 33.8 Å². The molecule has 0 unspecified atom stereocenters. The highest BCUT2D eigenvalue weighted by Crippen LogP contribution is 2.28. The molecule has 3 heterocycles. The first-order chi connectivity index (χ1) is 12.1. The van der Waals surface area contributed by atoms with E-state index in [2.05, 4.69) is 15.5 Å². The number of rotatable bonds is 3. The number of fused-ring (bicyclic) bond motifs is 1. The average Bonchev–Trinajstić information content (AvgIpc) is 3.26. The average molecular weight is 333 g/mol. The highest BCUT2D eigenvalue weighted by atomic mass is 16.5. The summed E-state index contributed by atoms with van der Waals surface area (Å²) in [6.07, 6.45) is 1.56. The molecule has 0 aliphatic heterocycles. The Hall–Kier alpha value is -3.41. The van der Waals surface area contributed by atoms with Crippen LogP contribution in [0.5, 0.6) is 0 Å². The van der Waals surface area contributed by atoms with Crippen molar-refractivity contribution in [1.29, 1.82) is 0 Å². The molecule has 1 N–H and O–H groups in total. The van der Waals surface area contributed by atoms with E-state index in [1.807, 2.05) is 31.2 Å². The van der Waals surface area contributed by atoms with E-state index in [9.17, 15) is 4.79 Å². The van der Waals surface area contributed by atoms with Crippen molar-refractivity contribution in [3.63, 3.8) is 0 Å². The van der Waals surface area contributed by atoms with Crippen molar-refractivity contribution in [2.24, 2.45) is 0 Å². The summed E-state index contributed by atoms with van der Waals surface area (Å²) in [5.41, 5.74) is 3.62. The normalized spacial score (nSPS) is 11.0. The monoisotopic (exact) mass is 333 g/mol. The van der Waals surface area contributed by atoms with Gasteiger partial charge < -0.3 is 14.3 Å². The molecule has 1 amide bonds. The lowest BCUT2D eigenvalue weighted by Crippen LogP contribution is -2.14. The highest BCUT2D eigenvalue weighted by Gasteiger charge is 2.20. The Balaban J connectivity index is 1.83. The third kappa shape index (κ3) is 2.67. The number of furan rings is 1. The van der Waals surface area contributed by atoms with Crippen LogP contribution in [0.25, 0.3) is 22.6 Å². The molecular formula is C19H15N3O3. The van der Waals surface area contributed by atoms with Crippen molar-refractivity contribution >= 4 is 22.7 Å². The van der Waals surface area contributed by atoms with Gasteiger partial charge in [0.1, 0.15) is 5.69 Å². The molecule has 124 valence electrons. The maximum Gasteiger partial charge on any atom is 0.259 e. The van der Waals surface area contributed by atoms with Crippen LogP contribution in [-0.4, -0.2) is 16.0 Å². The van der Waals surface area contributed by atoms with Gasteiger partial charge in [-0.25, -0.2) is 4.98 Å². The number of amides is 1. The van der Waals surface area contributed by atoms with Crippen molar-refractivity contribution in [2.45, 2.75) is 13.8 Å². The number of para-hydroxylation sites is 1. The Morgan fingerprint density at radius 1 is 1.12 bits per heavy atom. The zero-order valence-electron chi connectivity index (χ0n) is 13.7. The van der Waals surface area contributed by atoms with Crippen molar-refractivity contribution < 1.29 is 13.7 Å². The molecule has 6 heteroatoms. The minimum Gasteiger partial charge on any atom is -0.463 e. The maximum atomic E-state index is 12.9. The van der Waals surface area contributed by atoms with E-state index in [-0.39, 0.29) is 5.91 Å². The lowest BCUT2D eigenvalue weighted by molar-refractivity contribution is 0.102. The summed E-state index contributed by atoms with van der Waals surface area (Å²) in [4.78, 5) is 17.3. The molecule has 0 saturated carbocycles. The lowest BCUT2D eigenvalue weighted by atomic mass is 10.1. The lowest BCUT2D eigenvalue weighted by Gasteiger charge is -2.09. The summed E-state index contributed by atoms with van der Waals surface area (Å²) in [5, 5.41) is 7.48. The Morgan fingerprint density at radius 3 is 2.72 bits per heavy atom. The molecule has 3 aromatic heterocycles. The quantitative estimate of drug-likeness (QED) is 0.603. The molecule has 1 aromatic carbocycles. The van der Waals surface area contributed by atoms with Crippen LogP contribution in [-0.2, 0) is 0 Å². The maximum absolute atomic E-state index is 12.9. The summed E-state index contributed by atoms with van der Waals surface area (Å²) < 4.78 is 10.7. The largest absolute Gasteiger partial charge is 0.463 e. The summed E-state index contributed by atoms with van der Waals surface area (Å²) in [6.45, 7) is 3.72. The fourth-order valence-electron chi connectivity index (χ4n) is 2.73. The topological polar surface area (TPSA) is 81.2 Å². The van der Waals surface area contributed by atoms with Gasteiger partial charge in [0.05, 0.1) is 22.9 Å². The van der Waals surface area contributed by atoms with Crippen LogP contribution in [0, 0.1) is 13.8 Å². The van der Waals surface area contributed by atoms with Gasteiger partial charge in [0.15, 0.2) is 5.76 Å². The first-order valence-corrected chi connectivity index (χ1v) is 7.81. The van der Waals surface area contributed by atoms with Gasteiger partial charge in [-0.3, -0.25) is 4.79 Å². The number of nitrogens with zero attached hydrogens (tertiary/aromatic N) is 2. The van der Waals surface area contributed by atoms with Gasteiger partial charge in [0.2, 0.25) is 0 Å². The third-order valence-electron chi connectivity index (χ3n) is 4.03. The van der Waals surface area contributed by atoms with Crippen LogP contribution in [0.3, 0.4) is 0 Å². The first-order valence-electron chi connectivity index (χ1n) is 7.81. The van der Waals surface area contributed by atoms with Crippen LogP contribution >= 0.6 is 0 Å². The summed E-state index contributed by atoms with van der Waals surface area (Å²) in [6, 6.07) is 12.8. The Morgan fingerprint density at radius 2 is 1.96 bits per heavy atom.